The fraction of sp³-hybridized carbons (Fsp3) is 1.00. The summed E-state index contributed by atoms with van der Waals surface area (Å²) in [5, 5.41) is 3.65. The van der Waals surface area contributed by atoms with Gasteiger partial charge in [0, 0.05) is 31.3 Å². The van der Waals surface area contributed by atoms with Crippen molar-refractivity contribution in [1.82, 2.24) is 10.2 Å². The minimum Gasteiger partial charge on any atom is -0.375 e. The van der Waals surface area contributed by atoms with E-state index < -0.39 is 0 Å². The van der Waals surface area contributed by atoms with E-state index in [4.69, 9.17) is 4.74 Å². The first-order valence-electron chi connectivity index (χ1n) is 8.07. The first-order valence-corrected chi connectivity index (χ1v) is 8.07. The highest BCUT2D eigenvalue weighted by Gasteiger charge is 2.39. The zero-order valence-electron chi connectivity index (χ0n) is 13.4. The van der Waals surface area contributed by atoms with Crippen LogP contribution in [0.4, 0.5) is 0 Å². The van der Waals surface area contributed by atoms with Crippen molar-refractivity contribution < 1.29 is 4.74 Å². The Morgan fingerprint density at radius 3 is 2.63 bits per heavy atom. The minimum atomic E-state index is 0.0599. The van der Waals surface area contributed by atoms with Crippen molar-refractivity contribution in [3.63, 3.8) is 0 Å². The molecule has 0 amide bonds. The molecule has 2 rings (SSSR count). The molecule has 1 N–H and O–H groups in total. The number of nitrogens with one attached hydrogen (secondary N) is 1. The van der Waals surface area contributed by atoms with Gasteiger partial charge in [-0.15, -0.1) is 0 Å². The Bertz CT molecular complexity index is 292. The molecule has 0 aromatic rings. The number of likely N-dealkylation sites (tertiary alicyclic amines) is 1. The topological polar surface area (TPSA) is 24.5 Å². The van der Waals surface area contributed by atoms with Gasteiger partial charge in [0.1, 0.15) is 0 Å². The van der Waals surface area contributed by atoms with Crippen LogP contribution in [0.25, 0.3) is 0 Å². The molecule has 0 bridgehead atoms. The summed E-state index contributed by atoms with van der Waals surface area (Å²) in [6.45, 7) is 14.8. The van der Waals surface area contributed by atoms with Gasteiger partial charge in [0.05, 0.1) is 5.60 Å². The highest BCUT2D eigenvalue weighted by atomic mass is 16.5. The van der Waals surface area contributed by atoms with E-state index in [0.29, 0.717) is 18.1 Å². The first-order chi connectivity index (χ1) is 8.94. The van der Waals surface area contributed by atoms with Gasteiger partial charge in [-0.25, -0.2) is 0 Å². The normalized spacial score (nSPS) is 40.3. The lowest BCUT2D eigenvalue weighted by Crippen LogP contribution is -2.58. The Labute approximate surface area is 119 Å². The van der Waals surface area contributed by atoms with E-state index in [1.807, 2.05) is 0 Å². The summed E-state index contributed by atoms with van der Waals surface area (Å²) in [4.78, 5) is 2.75. The molecule has 3 heteroatoms. The van der Waals surface area contributed by atoms with Crippen molar-refractivity contribution >= 4 is 0 Å². The molecule has 19 heavy (non-hydrogen) atoms. The average Bonchev–Trinajstić information content (AvgIpc) is 2.34. The van der Waals surface area contributed by atoms with E-state index in [1.54, 1.807) is 0 Å². The van der Waals surface area contributed by atoms with Crippen LogP contribution in [0.2, 0.25) is 0 Å². The molecule has 4 atom stereocenters. The van der Waals surface area contributed by atoms with Crippen LogP contribution in [0.1, 0.15) is 53.9 Å². The summed E-state index contributed by atoms with van der Waals surface area (Å²) in [5.74, 6) is 0.736. The van der Waals surface area contributed by atoms with Crippen molar-refractivity contribution in [3.8, 4) is 0 Å². The second kappa shape index (κ2) is 6.11. The van der Waals surface area contributed by atoms with E-state index in [-0.39, 0.29) is 5.60 Å². The van der Waals surface area contributed by atoms with Crippen LogP contribution in [-0.4, -0.2) is 48.3 Å². The van der Waals surface area contributed by atoms with Crippen LogP contribution < -0.4 is 5.32 Å². The third-order valence-corrected chi connectivity index (χ3v) is 5.22. The van der Waals surface area contributed by atoms with Gasteiger partial charge in [0.2, 0.25) is 0 Å². The van der Waals surface area contributed by atoms with Gasteiger partial charge >= 0.3 is 0 Å². The summed E-state index contributed by atoms with van der Waals surface area (Å²) in [6.07, 6.45) is 3.67. The van der Waals surface area contributed by atoms with Crippen LogP contribution in [0, 0.1) is 5.92 Å². The van der Waals surface area contributed by atoms with E-state index in [1.165, 1.54) is 25.8 Å². The van der Waals surface area contributed by atoms with Crippen molar-refractivity contribution in [2.24, 2.45) is 5.92 Å². The molecular formula is C16H32N2O. The molecular weight excluding hydrogens is 236 g/mol. The number of hydrogen-bond donors (Lipinski definition) is 1. The Morgan fingerprint density at radius 2 is 2.00 bits per heavy atom. The maximum Gasteiger partial charge on any atom is 0.0641 e. The summed E-state index contributed by atoms with van der Waals surface area (Å²) in [7, 11) is 0. The maximum absolute atomic E-state index is 5.87. The summed E-state index contributed by atoms with van der Waals surface area (Å²) >= 11 is 0. The largest absolute Gasteiger partial charge is 0.375 e. The number of hydrogen-bond acceptors (Lipinski definition) is 3. The van der Waals surface area contributed by atoms with Crippen LogP contribution in [0.5, 0.6) is 0 Å². The molecule has 2 saturated heterocycles. The van der Waals surface area contributed by atoms with E-state index in [0.717, 1.165) is 19.1 Å². The third-order valence-electron chi connectivity index (χ3n) is 5.22. The zero-order valence-corrected chi connectivity index (χ0v) is 13.4. The van der Waals surface area contributed by atoms with Crippen molar-refractivity contribution in [2.75, 3.05) is 19.7 Å². The molecule has 0 spiro atoms. The predicted molar refractivity (Wildman–Crippen MR) is 80.5 cm³/mol. The Hall–Kier alpha value is -0.120. The maximum atomic E-state index is 5.87. The van der Waals surface area contributed by atoms with Crippen LogP contribution in [-0.2, 0) is 4.74 Å². The molecule has 4 unspecified atom stereocenters. The molecule has 112 valence electrons. The van der Waals surface area contributed by atoms with Gasteiger partial charge in [-0.3, -0.25) is 4.90 Å². The third kappa shape index (κ3) is 3.50. The molecule has 2 heterocycles. The quantitative estimate of drug-likeness (QED) is 0.851. The van der Waals surface area contributed by atoms with Gasteiger partial charge in [0.15, 0.2) is 0 Å². The van der Waals surface area contributed by atoms with Gasteiger partial charge in [-0.2, -0.15) is 0 Å². The van der Waals surface area contributed by atoms with Crippen LogP contribution in [0.15, 0.2) is 0 Å². The van der Waals surface area contributed by atoms with Crippen LogP contribution >= 0.6 is 0 Å². The predicted octanol–water partition coefficient (Wildman–Crippen LogP) is 2.65. The molecule has 2 aliphatic heterocycles. The Kier molecular flexibility index (Phi) is 4.91. The molecule has 2 fully saturated rings. The number of nitrogens with zero attached hydrogens (tertiary/aromatic N) is 1. The fourth-order valence-corrected chi connectivity index (χ4v) is 3.94. The standard InChI is InChI=1S/C16H32N2O/c1-6-17-15-7-9-18(13(3)12(15)2)14-8-10-19-16(4,5)11-14/h12-15,17H,6-11H2,1-5H3. The first kappa shape index (κ1) is 15.3. The summed E-state index contributed by atoms with van der Waals surface area (Å²) in [6, 6.07) is 2.09. The molecule has 2 aliphatic rings. The second-order valence-electron chi connectivity index (χ2n) is 7.05. The number of piperidine rings is 1. The SMILES string of the molecule is CCNC1CCN(C2CCOC(C)(C)C2)C(C)C1C. The van der Waals surface area contributed by atoms with E-state index in [9.17, 15) is 0 Å². The van der Waals surface area contributed by atoms with Crippen molar-refractivity contribution in [3.05, 3.63) is 0 Å². The number of rotatable bonds is 3. The molecule has 3 nitrogen and oxygen atoms in total. The van der Waals surface area contributed by atoms with Gasteiger partial charge in [-0.05, 0) is 52.5 Å². The fourth-order valence-electron chi connectivity index (χ4n) is 3.94. The lowest BCUT2D eigenvalue weighted by Gasteiger charge is -2.49. The minimum absolute atomic E-state index is 0.0599. The lowest BCUT2D eigenvalue weighted by molar-refractivity contribution is -0.0975. The molecule has 0 radical (unpaired) electrons. The molecule has 0 aromatic carbocycles. The molecule has 0 aliphatic carbocycles. The summed E-state index contributed by atoms with van der Waals surface area (Å²) < 4.78 is 5.87. The second-order valence-corrected chi connectivity index (χ2v) is 7.05. The Morgan fingerprint density at radius 1 is 1.26 bits per heavy atom. The van der Waals surface area contributed by atoms with E-state index in [2.05, 4.69) is 44.8 Å². The number of ether oxygens (including phenoxy) is 1. The molecule has 0 saturated carbocycles. The van der Waals surface area contributed by atoms with Gasteiger partial charge in [-0.1, -0.05) is 13.8 Å². The Balaban J connectivity index is 1.98. The van der Waals surface area contributed by atoms with Crippen LogP contribution in [0.3, 0.4) is 0 Å². The van der Waals surface area contributed by atoms with Gasteiger partial charge in [0.25, 0.3) is 0 Å². The zero-order chi connectivity index (χ0) is 14.0. The molecule has 0 aromatic heterocycles. The van der Waals surface area contributed by atoms with Crippen molar-refractivity contribution in [1.29, 1.82) is 0 Å². The highest BCUT2D eigenvalue weighted by Crippen LogP contribution is 2.33. The smallest absolute Gasteiger partial charge is 0.0641 e. The van der Waals surface area contributed by atoms with Crippen molar-refractivity contribution in [2.45, 2.75) is 77.6 Å². The van der Waals surface area contributed by atoms with E-state index >= 15 is 0 Å². The lowest BCUT2D eigenvalue weighted by atomic mass is 9.83. The highest BCUT2D eigenvalue weighted by molar-refractivity contribution is 4.94. The monoisotopic (exact) mass is 268 g/mol. The average molecular weight is 268 g/mol. The summed E-state index contributed by atoms with van der Waals surface area (Å²) in [5.41, 5.74) is 0.0599. The van der Waals surface area contributed by atoms with Gasteiger partial charge < -0.3 is 10.1 Å².